The zero-order valence-electron chi connectivity index (χ0n) is 19.7. The molecule has 1 aromatic heterocycles. The smallest absolute Gasteiger partial charge is 0.416 e. The predicted octanol–water partition coefficient (Wildman–Crippen LogP) is 6.27. The van der Waals surface area contributed by atoms with Crippen molar-refractivity contribution in [1.29, 1.82) is 0 Å². The highest BCUT2D eigenvalue weighted by Gasteiger charge is 2.40. The largest absolute Gasteiger partial charge is 0.444 e. The van der Waals surface area contributed by atoms with Gasteiger partial charge in [-0.1, -0.05) is 19.1 Å². The zero-order chi connectivity index (χ0) is 24.0. The Morgan fingerprint density at radius 2 is 1.79 bits per heavy atom. The summed E-state index contributed by atoms with van der Waals surface area (Å²) >= 11 is 0. The summed E-state index contributed by atoms with van der Waals surface area (Å²) < 4.78 is 46.8. The maximum atomic E-state index is 13.1. The fourth-order valence-corrected chi connectivity index (χ4v) is 4.57. The third kappa shape index (κ3) is 5.20. The Hall–Kier alpha value is -2.51. The molecule has 1 saturated carbocycles. The summed E-state index contributed by atoms with van der Waals surface area (Å²) in [4.78, 5) is 19.9. The molecular formula is C25H32F3N3O2. The van der Waals surface area contributed by atoms with Gasteiger partial charge in [0.25, 0.3) is 0 Å². The van der Waals surface area contributed by atoms with Gasteiger partial charge in [0.1, 0.15) is 11.4 Å². The lowest BCUT2D eigenvalue weighted by molar-refractivity contribution is -0.137. The van der Waals surface area contributed by atoms with E-state index in [9.17, 15) is 18.0 Å². The van der Waals surface area contributed by atoms with E-state index in [2.05, 4.69) is 11.5 Å². The van der Waals surface area contributed by atoms with Crippen molar-refractivity contribution in [3.63, 3.8) is 0 Å². The van der Waals surface area contributed by atoms with Gasteiger partial charge in [-0.3, -0.25) is 4.90 Å². The molecule has 33 heavy (non-hydrogen) atoms. The molecule has 0 N–H and O–H groups in total. The summed E-state index contributed by atoms with van der Waals surface area (Å²) in [7, 11) is 0. The van der Waals surface area contributed by atoms with Gasteiger partial charge < -0.3 is 9.30 Å². The Morgan fingerprint density at radius 3 is 2.33 bits per heavy atom. The fourth-order valence-electron chi connectivity index (χ4n) is 4.57. The third-order valence-corrected chi connectivity index (χ3v) is 6.27. The van der Waals surface area contributed by atoms with E-state index in [1.54, 1.807) is 4.90 Å². The van der Waals surface area contributed by atoms with Crippen LogP contribution >= 0.6 is 0 Å². The van der Waals surface area contributed by atoms with Gasteiger partial charge in [0, 0.05) is 25.4 Å². The molecule has 0 radical (unpaired) electrons. The summed E-state index contributed by atoms with van der Waals surface area (Å²) in [6, 6.07) is 5.08. The van der Waals surface area contributed by atoms with Crippen molar-refractivity contribution in [2.24, 2.45) is 0 Å². The van der Waals surface area contributed by atoms with Crippen LogP contribution in [0.3, 0.4) is 0 Å². The fraction of sp³-hybridized carbons (Fsp3) is 0.600. The number of hydrogen-bond donors (Lipinski definition) is 0. The van der Waals surface area contributed by atoms with Crippen molar-refractivity contribution >= 4 is 6.09 Å². The Bertz CT molecular complexity index is 1000. The van der Waals surface area contributed by atoms with Gasteiger partial charge in [-0.15, -0.1) is 0 Å². The molecule has 1 unspecified atom stereocenters. The minimum Gasteiger partial charge on any atom is -0.444 e. The number of nitrogens with zero attached hydrogens (tertiary/aromatic N) is 3. The first-order chi connectivity index (χ1) is 15.5. The highest BCUT2D eigenvalue weighted by Crippen LogP contribution is 2.46. The van der Waals surface area contributed by atoms with Crippen LogP contribution in [0.25, 0.3) is 0 Å². The van der Waals surface area contributed by atoms with Crippen LogP contribution in [0.2, 0.25) is 0 Å². The van der Waals surface area contributed by atoms with Crippen molar-refractivity contribution in [3.8, 4) is 0 Å². The molecule has 0 bridgehead atoms. The number of aryl methyl sites for hydroxylation is 2. The summed E-state index contributed by atoms with van der Waals surface area (Å²) in [5.41, 5.74) is 1.71. The van der Waals surface area contributed by atoms with Gasteiger partial charge >= 0.3 is 12.3 Å². The van der Waals surface area contributed by atoms with Gasteiger partial charge in [0.2, 0.25) is 0 Å². The summed E-state index contributed by atoms with van der Waals surface area (Å²) in [5, 5.41) is 0. The Morgan fingerprint density at radius 1 is 1.12 bits per heavy atom. The van der Waals surface area contributed by atoms with Gasteiger partial charge in [-0.2, -0.15) is 13.2 Å². The van der Waals surface area contributed by atoms with E-state index in [1.807, 2.05) is 20.8 Å². The average molecular weight is 464 g/mol. The number of alkyl halides is 3. The molecule has 8 heteroatoms. The Labute approximate surface area is 192 Å². The molecule has 5 nitrogen and oxygen atoms in total. The molecule has 1 aliphatic carbocycles. The molecule has 2 aromatic rings. The van der Waals surface area contributed by atoms with Crippen LogP contribution in [0.4, 0.5) is 18.0 Å². The number of rotatable bonds is 5. The lowest BCUT2D eigenvalue weighted by atomic mass is 9.97. The second-order valence-corrected chi connectivity index (χ2v) is 10.0. The number of aromatic nitrogens is 2. The highest BCUT2D eigenvalue weighted by atomic mass is 19.4. The monoisotopic (exact) mass is 463 g/mol. The highest BCUT2D eigenvalue weighted by molar-refractivity contribution is 5.69. The van der Waals surface area contributed by atoms with Gasteiger partial charge in [0.05, 0.1) is 23.0 Å². The van der Waals surface area contributed by atoms with E-state index in [1.165, 1.54) is 12.1 Å². The molecule has 0 saturated heterocycles. The molecule has 4 rings (SSSR count). The maximum absolute atomic E-state index is 13.1. The molecular weight excluding hydrogens is 431 g/mol. The van der Waals surface area contributed by atoms with E-state index in [-0.39, 0.29) is 12.1 Å². The van der Waals surface area contributed by atoms with Crippen LogP contribution in [0.15, 0.2) is 24.3 Å². The Kier molecular flexibility index (Phi) is 6.22. The standard InChI is InChI=1S/C25H32F3N3O2/c1-5-20-29-21(17-9-10-17)22-19(13-8-16-6-11-18(12-7-16)25(26,27)28)30(14-15-31(20)22)23(32)33-24(2,3)4/h6-7,11-12,17,19H,5,8-10,13-15H2,1-4H3. The quantitative estimate of drug-likeness (QED) is 0.525. The van der Waals surface area contributed by atoms with E-state index in [0.717, 1.165) is 54.2 Å². The van der Waals surface area contributed by atoms with Crippen molar-refractivity contribution in [1.82, 2.24) is 14.5 Å². The second-order valence-electron chi connectivity index (χ2n) is 10.0. The molecule has 1 aromatic carbocycles. The minimum absolute atomic E-state index is 0.223. The number of benzene rings is 1. The maximum Gasteiger partial charge on any atom is 0.416 e. The predicted molar refractivity (Wildman–Crippen MR) is 119 cm³/mol. The van der Waals surface area contributed by atoms with Gasteiger partial charge in [0.15, 0.2) is 0 Å². The van der Waals surface area contributed by atoms with Crippen molar-refractivity contribution in [2.75, 3.05) is 6.54 Å². The van der Waals surface area contributed by atoms with Crippen molar-refractivity contribution in [2.45, 2.75) is 90.1 Å². The number of halogens is 3. The first-order valence-corrected chi connectivity index (χ1v) is 11.7. The molecule has 2 aliphatic rings. The van der Waals surface area contributed by atoms with Crippen molar-refractivity contribution in [3.05, 3.63) is 52.6 Å². The lowest BCUT2D eigenvalue weighted by Gasteiger charge is -2.38. The van der Waals surface area contributed by atoms with Crippen LogP contribution in [-0.2, 0) is 30.3 Å². The second kappa shape index (κ2) is 8.69. The minimum atomic E-state index is -4.35. The molecule has 0 spiro atoms. The van der Waals surface area contributed by atoms with E-state index < -0.39 is 17.3 Å². The summed E-state index contributed by atoms with van der Waals surface area (Å²) in [6.07, 6.45) is -0.531. The van der Waals surface area contributed by atoms with Gasteiger partial charge in [-0.25, -0.2) is 9.78 Å². The number of carbonyl (C=O) groups is 1. The molecule has 1 aliphatic heterocycles. The zero-order valence-corrected chi connectivity index (χ0v) is 19.7. The summed E-state index contributed by atoms with van der Waals surface area (Å²) in [5.74, 6) is 1.47. The van der Waals surface area contributed by atoms with Crippen LogP contribution in [0.1, 0.15) is 87.3 Å². The molecule has 1 fully saturated rings. The van der Waals surface area contributed by atoms with E-state index in [0.29, 0.717) is 31.8 Å². The first-order valence-electron chi connectivity index (χ1n) is 11.7. The van der Waals surface area contributed by atoms with Crippen LogP contribution < -0.4 is 0 Å². The topological polar surface area (TPSA) is 47.4 Å². The van der Waals surface area contributed by atoms with Crippen LogP contribution in [0, 0.1) is 0 Å². The van der Waals surface area contributed by atoms with E-state index in [4.69, 9.17) is 9.72 Å². The number of hydrogen-bond acceptors (Lipinski definition) is 3. The van der Waals surface area contributed by atoms with Crippen molar-refractivity contribution < 1.29 is 22.7 Å². The molecule has 1 amide bonds. The molecule has 1 atom stereocenters. The SMILES string of the molecule is CCc1nc(C2CC2)c2n1CCN(C(=O)OC(C)(C)C)C2CCc1ccc(C(F)(F)F)cc1. The van der Waals surface area contributed by atoms with Crippen LogP contribution in [-0.4, -0.2) is 32.7 Å². The number of carbonyl (C=O) groups excluding carboxylic acids is 1. The first kappa shape index (κ1) is 23.6. The molecule has 2 heterocycles. The third-order valence-electron chi connectivity index (χ3n) is 6.27. The summed E-state index contributed by atoms with van der Waals surface area (Å²) in [6.45, 7) is 8.83. The molecule has 180 valence electrons. The lowest BCUT2D eigenvalue weighted by Crippen LogP contribution is -2.45. The number of ether oxygens (including phenoxy) is 1. The van der Waals surface area contributed by atoms with Gasteiger partial charge in [-0.05, 0) is 64.2 Å². The number of imidazole rings is 1. The van der Waals surface area contributed by atoms with E-state index >= 15 is 0 Å². The normalized spacial score (nSPS) is 18.9. The number of fused-ring (bicyclic) bond motifs is 1. The Balaban J connectivity index is 1.63. The number of amides is 1. The van der Waals surface area contributed by atoms with Crippen LogP contribution in [0.5, 0.6) is 0 Å². The average Bonchev–Trinajstić information content (AvgIpc) is 3.50.